The van der Waals surface area contributed by atoms with Gasteiger partial charge in [0.05, 0.1) is 0 Å². The lowest BCUT2D eigenvalue weighted by Gasteiger charge is -2.23. The lowest BCUT2D eigenvalue weighted by Crippen LogP contribution is -2.37. The molecule has 114 valence electrons. The number of carbonyl (C=O) groups excluding carboxylic acids is 1. The minimum Gasteiger partial charge on any atom is -0.440 e. The second-order valence-electron chi connectivity index (χ2n) is 5.30. The van der Waals surface area contributed by atoms with Crippen LogP contribution in [0.4, 0.5) is 0 Å². The number of carbonyl (C=O) groups is 1. The molecule has 0 aliphatic heterocycles. The van der Waals surface area contributed by atoms with Gasteiger partial charge in [0.25, 0.3) is 0 Å². The van der Waals surface area contributed by atoms with E-state index in [-0.39, 0.29) is 6.73 Å². The van der Waals surface area contributed by atoms with Crippen LogP contribution in [0.3, 0.4) is 0 Å². The monoisotopic (exact) mass is 307 g/mol. The highest BCUT2D eigenvalue weighted by atomic mass is 16.6. The summed E-state index contributed by atoms with van der Waals surface area (Å²) in [7, 11) is 0. The molecule has 0 radical (unpaired) electrons. The normalized spacial score (nSPS) is 14.1. The van der Waals surface area contributed by atoms with E-state index in [1.807, 2.05) is 24.3 Å². The molecule has 0 atom stereocenters. The zero-order valence-electron chi connectivity index (χ0n) is 12.1. The molecule has 0 saturated heterocycles. The van der Waals surface area contributed by atoms with Crippen LogP contribution in [0.25, 0.3) is 11.1 Å². The molecule has 0 saturated carbocycles. The lowest BCUT2D eigenvalue weighted by atomic mass is 9.91. The smallest absolute Gasteiger partial charge is 0.349 e. The average Bonchev–Trinajstić information content (AvgIpc) is 3.20. The second kappa shape index (κ2) is 5.03. The van der Waals surface area contributed by atoms with Crippen molar-refractivity contribution in [3.63, 3.8) is 0 Å². The van der Waals surface area contributed by atoms with Crippen LogP contribution in [0.15, 0.2) is 61.2 Å². The molecular weight excluding hydrogens is 294 g/mol. The molecule has 1 aliphatic rings. The number of hydrogen-bond donors (Lipinski definition) is 1. The van der Waals surface area contributed by atoms with Gasteiger partial charge in [-0.3, -0.25) is 0 Å². The number of aromatic nitrogens is 3. The van der Waals surface area contributed by atoms with Crippen LogP contribution in [0, 0.1) is 0 Å². The zero-order chi connectivity index (χ0) is 15.9. The first-order valence-electron chi connectivity index (χ1n) is 7.12. The maximum atomic E-state index is 12.7. The molecule has 1 N–H and O–H groups in total. The summed E-state index contributed by atoms with van der Waals surface area (Å²) in [5, 5.41) is 15.0. The first-order chi connectivity index (χ1) is 11.2. The van der Waals surface area contributed by atoms with E-state index in [0.717, 1.165) is 11.1 Å². The van der Waals surface area contributed by atoms with E-state index in [1.54, 1.807) is 24.3 Å². The van der Waals surface area contributed by atoms with E-state index in [2.05, 4.69) is 10.1 Å². The molecule has 0 fully saturated rings. The highest BCUT2D eigenvalue weighted by Gasteiger charge is 2.49. The van der Waals surface area contributed by atoms with Crippen molar-refractivity contribution in [1.29, 1.82) is 0 Å². The molecule has 23 heavy (non-hydrogen) atoms. The quantitative estimate of drug-likeness (QED) is 0.745. The highest BCUT2D eigenvalue weighted by molar-refractivity contribution is 5.96. The van der Waals surface area contributed by atoms with Crippen molar-refractivity contribution in [2.75, 3.05) is 0 Å². The second-order valence-corrected chi connectivity index (χ2v) is 5.30. The van der Waals surface area contributed by atoms with Crippen molar-refractivity contribution in [2.45, 2.75) is 12.3 Å². The molecule has 0 amide bonds. The Bertz CT molecular complexity index is 829. The number of fused-ring (bicyclic) bond motifs is 3. The van der Waals surface area contributed by atoms with Gasteiger partial charge in [-0.2, -0.15) is 5.10 Å². The Morgan fingerprint density at radius 1 is 1.09 bits per heavy atom. The Balaban J connectivity index is 1.75. The van der Waals surface area contributed by atoms with Crippen molar-refractivity contribution in [1.82, 2.24) is 14.8 Å². The highest BCUT2D eigenvalue weighted by Crippen LogP contribution is 2.47. The van der Waals surface area contributed by atoms with Gasteiger partial charge in [-0.05, 0) is 11.1 Å². The summed E-state index contributed by atoms with van der Waals surface area (Å²) in [4.78, 5) is 16.4. The zero-order valence-corrected chi connectivity index (χ0v) is 12.1. The summed E-state index contributed by atoms with van der Waals surface area (Å²) >= 11 is 0. The fourth-order valence-electron chi connectivity index (χ4n) is 2.96. The van der Waals surface area contributed by atoms with Crippen LogP contribution in [0.5, 0.6) is 0 Å². The van der Waals surface area contributed by atoms with Crippen LogP contribution in [-0.2, 0) is 21.9 Å². The number of rotatable bonds is 3. The Morgan fingerprint density at radius 3 is 2.26 bits per heavy atom. The molecule has 0 unspecified atom stereocenters. The van der Waals surface area contributed by atoms with Crippen LogP contribution in [0.2, 0.25) is 0 Å². The minimum absolute atomic E-state index is 0.106. The predicted octanol–water partition coefficient (Wildman–Crippen LogP) is 1.70. The molecule has 1 heterocycles. The fourth-order valence-corrected chi connectivity index (χ4v) is 2.96. The van der Waals surface area contributed by atoms with Gasteiger partial charge in [0.1, 0.15) is 12.7 Å². The topological polar surface area (TPSA) is 77.2 Å². The number of benzene rings is 2. The predicted molar refractivity (Wildman–Crippen MR) is 81.0 cm³/mol. The maximum Gasteiger partial charge on any atom is 0.349 e. The minimum atomic E-state index is -1.81. The number of esters is 1. The fraction of sp³-hybridized carbons (Fsp3) is 0.118. The number of nitrogens with zero attached hydrogens (tertiary/aromatic N) is 3. The molecule has 6 nitrogen and oxygen atoms in total. The summed E-state index contributed by atoms with van der Waals surface area (Å²) in [6, 6.07) is 14.6. The van der Waals surface area contributed by atoms with Gasteiger partial charge >= 0.3 is 5.97 Å². The van der Waals surface area contributed by atoms with E-state index >= 15 is 0 Å². The van der Waals surface area contributed by atoms with E-state index in [4.69, 9.17) is 4.74 Å². The largest absolute Gasteiger partial charge is 0.440 e. The third-order valence-corrected chi connectivity index (χ3v) is 4.01. The maximum absolute atomic E-state index is 12.7. The van der Waals surface area contributed by atoms with Crippen LogP contribution in [-0.4, -0.2) is 25.8 Å². The summed E-state index contributed by atoms with van der Waals surface area (Å²) < 4.78 is 6.63. The molecule has 3 aromatic rings. The summed E-state index contributed by atoms with van der Waals surface area (Å²) in [6.07, 6.45) is 2.79. The molecule has 0 spiro atoms. The Kier molecular flexibility index (Phi) is 2.99. The standard InChI is InChI=1S/C17H13N3O3/c21-16(23-11-20-10-18-9-19-20)17(22)14-7-3-1-5-12(14)13-6-2-4-8-15(13)17/h1-10,22H,11H2. The molecule has 2 aromatic carbocycles. The van der Waals surface area contributed by atoms with E-state index in [9.17, 15) is 9.90 Å². The number of hydrogen-bond acceptors (Lipinski definition) is 5. The van der Waals surface area contributed by atoms with Crippen LogP contribution in [0.1, 0.15) is 11.1 Å². The molecule has 1 aliphatic carbocycles. The molecule has 0 bridgehead atoms. The van der Waals surface area contributed by atoms with E-state index in [1.165, 1.54) is 17.3 Å². The average molecular weight is 307 g/mol. The number of aliphatic hydroxyl groups is 1. The SMILES string of the molecule is O=C(OCn1cncn1)C1(O)c2ccccc2-c2ccccc21. The van der Waals surface area contributed by atoms with Crippen molar-refractivity contribution in [3.05, 3.63) is 72.3 Å². The third kappa shape index (κ3) is 1.96. The third-order valence-electron chi connectivity index (χ3n) is 4.01. The van der Waals surface area contributed by atoms with E-state index < -0.39 is 11.6 Å². The Labute approximate surface area is 132 Å². The van der Waals surface area contributed by atoms with Crippen LogP contribution < -0.4 is 0 Å². The van der Waals surface area contributed by atoms with Gasteiger partial charge in [0.2, 0.25) is 5.60 Å². The first kappa shape index (κ1) is 13.7. The van der Waals surface area contributed by atoms with Gasteiger partial charge < -0.3 is 9.84 Å². The Hall–Kier alpha value is -2.99. The van der Waals surface area contributed by atoms with E-state index in [0.29, 0.717) is 11.1 Å². The summed E-state index contributed by atoms with van der Waals surface area (Å²) in [5.41, 5.74) is 0.925. The molecule has 1 aromatic heterocycles. The lowest BCUT2D eigenvalue weighted by molar-refractivity contribution is -0.166. The van der Waals surface area contributed by atoms with Gasteiger partial charge in [0, 0.05) is 11.1 Å². The van der Waals surface area contributed by atoms with Gasteiger partial charge in [-0.25, -0.2) is 14.5 Å². The van der Waals surface area contributed by atoms with Gasteiger partial charge in [0.15, 0.2) is 6.73 Å². The van der Waals surface area contributed by atoms with Crippen molar-refractivity contribution in [2.24, 2.45) is 0 Å². The summed E-state index contributed by atoms with van der Waals surface area (Å²) in [6.45, 7) is -0.106. The van der Waals surface area contributed by atoms with Crippen LogP contribution >= 0.6 is 0 Å². The number of ether oxygens (including phenoxy) is 1. The molecular formula is C17H13N3O3. The Morgan fingerprint density at radius 2 is 1.70 bits per heavy atom. The molecule has 6 heteroatoms. The van der Waals surface area contributed by atoms with Gasteiger partial charge in [-0.1, -0.05) is 48.5 Å². The van der Waals surface area contributed by atoms with Crippen molar-refractivity contribution in [3.8, 4) is 11.1 Å². The van der Waals surface area contributed by atoms with Crippen molar-refractivity contribution < 1.29 is 14.6 Å². The first-order valence-corrected chi connectivity index (χ1v) is 7.12. The molecule has 4 rings (SSSR count). The van der Waals surface area contributed by atoms with Gasteiger partial charge in [-0.15, -0.1) is 0 Å². The van der Waals surface area contributed by atoms with Crippen molar-refractivity contribution >= 4 is 5.97 Å². The summed E-state index contributed by atoms with van der Waals surface area (Å²) in [5.74, 6) is -0.731.